The number of aryl methyl sites for hydroxylation is 2. The molecule has 11 nitrogen and oxygen atoms in total. The molecule has 0 atom stereocenters. The van der Waals surface area contributed by atoms with Crippen molar-refractivity contribution < 1.29 is 90.3 Å². The fourth-order valence-corrected chi connectivity index (χ4v) is 13.4. The molecule has 0 fully saturated rings. The van der Waals surface area contributed by atoms with Crippen molar-refractivity contribution in [3.63, 3.8) is 0 Å². The van der Waals surface area contributed by atoms with Crippen molar-refractivity contribution in [1.82, 2.24) is 39.3 Å². The molecule has 1 N–H and O–H groups in total. The monoisotopic (exact) mass is 2300 g/mol. The normalized spacial score (nSPS) is 10.8. The Hall–Kier alpha value is -12.2. The number of anilines is 3. The van der Waals surface area contributed by atoms with Gasteiger partial charge >= 0.3 is 0 Å². The van der Waals surface area contributed by atoms with Crippen LogP contribution in [0.4, 0.5) is 17.1 Å². The first-order valence-corrected chi connectivity index (χ1v) is 39.3. The van der Waals surface area contributed by atoms with Crippen LogP contribution in [0.2, 0.25) is 0 Å². The molecule has 4 radical (unpaired) electrons. The van der Waals surface area contributed by atoms with Gasteiger partial charge in [0, 0.05) is 175 Å². The topological polar surface area (TPSA) is 128 Å². The van der Waals surface area contributed by atoms with E-state index >= 15 is 0 Å². The summed E-state index contributed by atoms with van der Waals surface area (Å²) < 4.78 is 4.22. The van der Waals surface area contributed by atoms with E-state index < -0.39 is 5.41 Å². The first kappa shape index (κ1) is 92.1. The fourth-order valence-electron chi connectivity index (χ4n) is 13.4. The van der Waals surface area contributed by atoms with Crippen LogP contribution in [-0.4, -0.2) is 50.2 Å². The van der Waals surface area contributed by atoms with Crippen LogP contribution in [0, 0.1) is 42.0 Å². The van der Waals surface area contributed by atoms with E-state index in [9.17, 15) is 9.90 Å². The molecule has 15 heteroatoms. The average molecular weight is 2300 g/mol. The van der Waals surface area contributed by atoms with E-state index in [4.69, 9.17) is 0 Å². The van der Waals surface area contributed by atoms with E-state index in [1.807, 2.05) is 187 Å². The fraction of sp³-hybridized carbons (Fsp3) is 0.0935. The van der Waals surface area contributed by atoms with Crippen molar-refractivity contribution in [2.24, 2.45) is 17.9 Å². The third-order valence-corrected chi connectivity index (χ3v) is 19.8. The van der Waals surface area contributed by atoms with Gasteiger partial charge < -0.3 is 29.5 Å². The minimum atomic E-state index is -0.417. The Bertz CT molecular complexity index is 6200. The number of allylic oxidation sites excluding steroid dienone is 2. The molecule has 12 aromatic carbocycles. The number of carbonyl (C=O) groups excluding carboxylic acids is 1. The molecule has 0 saturated carbocycles. The Kier molecular flexibility index (Phi) is 33.1. The van der Waals surface area contributed by atoms with Crippen LogP contribution < -0.4 is 4.90 Å². The maximum Gasteiger partial charge on any atom is 0.164 e. The summed E-state index contributed by atoms with van der Waals surface area (Å²) in [5.74, 6) is 0.808. The summed E-state index contributed by atoms with van der Waals surface area (Å²) in [5.41, 5.74) is 25.5. The number of rotatable bonds is 14. The molecule has 0 aliphatic rings. The molecule has 122 heavy (non-hydrogen) atoms. The third-order valence-electron chi connectivity index (χ3n) is 19.8. The molecule has 0 aliphatic carbocycles. The second-order valence-corrected chi connectivity index (χ2v) is 30.3. The molecule has 18 rings (SSSR count). The standard InChI is InChI=1S/C35H23N2.C29H21N2.C16H14N3.C16H11N2.C11H20O2.4Ir/c1-3-10-25(11-4-1)27-17-19-34-31(23-27)32-24-28(26-12-5-2-6-13-26)18-20-35(32)37(34)30-15-9-14-29(22-30)33-16-7-8-21-36-33;1-4-11-23(12-5-1)24-13-10-14-25(21-24)29-22-28(19-20-30-29)31(26-15-6-2-7-16-26)27-17-8-3-9-18-27;1-12-6-8-17-15(10-12)13-4-3-5-14(11-13)16-7-9-18-19(16)2;1-2-6-13(7-3-1)14-8-4-9-15(12-14)16-17-10-5-11-18-16;1-10(2,3)8(12)7-9(13)11(4,5)6;;;;/h1-13,15-24H;1-13,15-22H;3,5-11H,1-2H3;1-8,10-12H;7,12H,1-6H3;;;;/q4*-1;;;;;. The molecular formula is C107H89Ir4N9O2-4. The maximum absolute atomic E-state index is 11.5. The van der Waals surface area contributed by atoms with Crippen LogP contribution in [0.1, 0.15) is 47.1 Å². The van der Waals surface area contributed by atoms with Crippen molar-refractivity contribution in [3.05, 3.63) is 425 Å². The molecule has 18 aromatic rings. The minimum absolute atomic E-state index is 0. The van der Waals surface area contributed by atoms with Gasteiger partial charge in [0.05, 0.1) is 16.9 Å². The summed E-state index contributed by atoms with van der Waals surface area (Å²) in [4.78, 5) is 35.8. The second kappa shape index (κ2) is 43.8. The molecule has 0 aliphatic heterocycles. The SMILES string of the molecule is CC(C)(C)C(=O)C=C(O)C(C)(C)C.Cc1ccnc(-c2[c-]ccc(-c3ccnn3C)c2)c1.[Ir].[Ir].[Ir].[Ir].[c-]1ccc(-c2ccccc2)cc1-c1cc(N(c2ccccc2)c2ccccc2)ccn1.[c-]1ccc(-c2ccccc2)cc1-c1ncccn1.[c-]1ccc(-n2c3ccc(-c4ccccc4)cc3c3cc(-c4ccccc4)ccc32)cc1-c1ccccn1. The zero-order chi connectivity index (χ0) is 81.8. The number of carbonyl (C=O) groups is 1. The van der Waals surface area contributed by atoms with Crippen LogP contribution in [-0.2, 0) is 92.3 Å². The van der Waals surface area contributed by atoms with Crippen LogP contribution >= 0.6 is 0 Å². The second-order valence-electron chi connectivity index (χ2n) is 30.3. The van der Waals surface area contributed by atoms with E-state index in [1.165, 1.54) is 66.8 Å². The van der Waals surface area contributed by atoms with Crippen LogP contribution in [0.15, 0.2) is 395 Å². The molecule has 0 bridgehead atoms. The first-order valence-electron chi connectivity index (χ1n) is 39.3. The number of hydrogen-bond donors (Lipinski definition) is 1. The Balaban J connectivity index is 0.000000166. The van der Waals surface area contributed by atoms with Gasteiger partial charge in [0.1, 0.15) is 5.76 Å². The first-order chi connectivity index (χ1) is 57.4. The van der Waals surface area contributed by atoms with Crippen LogP contribution in [0.5, 0.6) is 0 Å². The number of aliphatic hydroxyl groups excluding tert-OH is 1. The quantitative estimate of drug-likeness (QED) is 0.0643. The molecule has 0 amide bonds. The number of ketones is 1. The number of hydrogen-bond acceptors (Lipinski definition) is 9. The van der Waals surface area contributed by atoms with Gasteiger partial charge in [-0.15, -0.1) is 130 Å². The van der Waals surface area contributed by atoms with Crippen LogP contribution in [0.25, 0.3) is 128 Å². The van der Waals surface area contributed by atoms with Crippen molar-refractivity contribution in [3.8, 4) is 107 Å². The summed E-state index contributed by atoms with van der Waals surface area (Å²) in [6.45, 7) is 13.2. The van der Waals surface area contributed by atoms with Gasteiger partial charge in [0.2, 0.25) is 0 Å². The summed E-state index contributed by atoms with van der Waals surface area (Å²) in [5, 5.41) is 16.2. The van der Waals surface area contributed by atoms with Crippen molar-refractivity contribution in [2.75, 3.05) is 4.90 Å². The van der Waals surface area contributed by atoms with Gasteiger partial charge in [0.25, 0.3) is 0 Å². The minimum Gasteiger partial charge on any atom is -0.512 e. The summed E-state index contributed by atoms with van der Waals surface area (Å²) in [6.07, 6.45) is 12.1. The Labute approximate surface area is 769 Å². The van der Waals surface area contributed by atoms with E-state index in [0.717, 1.165) is 84.5 Å². The van der Waals surface area contributed by atoms with E-state index in [-0.39, 0.29) is 97.4 Å². The molecule has 0 saturated heterocycles. The smallest absolute Gasteiger partial charge is 0.164 e. The number of aromatic nitrogens is 8. The maximum atomic E-state index is 11.5. The summed E-state index contributed by atoms with van der Waals surface area (Å²) >= 11 is 0. The Morgan fingerprint density at radius 3 is 1.22 bits per heavy atom. The molecule has 6 heterocycles. The Morgan fingerprint density at radius 2 is 0.762 bits per heavy atom. The zero-order valence-corrected chi connectivity index (χ0v) is 78.2. The van der Waals surface area contributed by atoms with Gasteiger partial charge in [-0.2, -0.15) is 5.10 Å². The Morgan fingerprint density at radius 1 is 0.352 bits per heavy atom. The van der Waals surface area contributed by atoms with Crippen LogP contribution in [0.3, 0.4) is 0 Å². The molecule has 0 unspecified atom stereocenters. The average Bonchev–Trinajstić information content (AvgIpc) is 1.58. The molecular weight excluding hydrogens is 2210 g/mol. The number of aliphatic hydroxyl groups is 1. The molecule has 614 valence electrons. The number of fused-ring (bicyclic) bond motifs is 3. The van der Waals surface area contributed by atoms with E-state index in [2.05, 4.69) is 301 Å². The van der Waals surface area contributed by atoms with Crippen molar-refractivity contribution in [2.45, 2.75) is 48.5 Å². The molecule has 0 spiro atoms. The zero-order valence-electron chi connectivity index (χ0n) is 68.7. The third kappa shape index (κ3) is 23.7. The summed E-state index contributed by atoms with van der Waals surface area (Å²) in [6, 6.07) is 132. The number of nitrogens with zero attached hydrogens (tertiary/aromatic N) is 9. The van der Waals surface area contributed by atoms with E-state index in [1.54, 1.807) is 18.6 Å². The largest absolute Gasteiger partial charge is 0.512 e. The number of benzene rings is 12. The van der Waals surface area contributed by atoms with Gasteiger partial charge in [-0.3, -0.25) is 19.4 Å². The predicted molar refractivity (Wildman–Crippen MR) is 484 cm³/mol. The van der Waals surface area contributed by atoms with Gasteiger partial charge in [-0.1, -0.05) is 247 Å². The van der Waals surface area contributed by atoms with Crippen molar-refractivity contribution >= 4 is 44.7 Å². The van der Waals surface area contributed by atoms with Gasteiger partial charge in [0.15, 0.2) is 5.78 Å². The van der Waals surface area contributed by atoms with E-state index in [0.29, 0.717) is 5.82 Å². The predicted octanol–water partition coefficient (Wildman–Crippen LogP) is 26.6. The van der Waals surface area contributed by atoms with Crippen molar-refractivity contribution in [1.29, 1.82) is 0 Å². The number of para-hydroxylation sites is 2. The molecule has 6 aromatic heterocycles. The van der Waals surface area contributed by atoms with Gasteiger partial charge in [-0.25, -0.2) is 0 Å². The van der Waals surface area contributed by atoms with Gasteiger partial charge in [-0.05, 0) is 142 Å². The number of pyridine rings is 3. The summed E-state index contributed by atoms with van der Waals surface area (Å²) in [7, 11) is 1.94.